The molecule has 3 aromatic rings. The maximum atomic E-state index is 13.0. The lowest BCUT2D eigenvalue weighted by Crippen LogP contribution is -2.35. The molecule has 0 N–H and O–H groups in total. The van der Waals surface area contributed by atoms with Crippen molar-refractivity contribution in [3.05, 3.63) is 69.9 Å². The van der Waals surface area contributed by atoms with Crippen molar-refractivity contribution < 1.29 is 18.3 Å². The Morgan fingerprint density at radius 2 is 1.89 bits per heavy atom. The number of rotatable bonds is 7. The average Bonchev–Trinajstić information content (AvgIpc) is 3.04. The molecule has 1 amide bonds. The molecule has 3 rings (SSSR count). The van der Waals surface area contributed by atoms with E-state index >= 15 is 0 Å². The lowest BCUT2D eigenvalue weighted by molar-refractivity contribution is -0.131. The lowest BCUT2D eigenvalue weighted by Gasteiger charge is -2.17. The van der Waals surface area contributed by atoms with Crippen LogP contribution in [-0.4, -0.2) is 40.8 Å². The fourth-order valence-corrected chi connectivity index (χ4v) is 2.45. The van der Waals surface area contributed by atoms with Gasteiger partial charge < -0.3 is 14.1 Å². The smallest absolute Gasteiger partial charge is 0.437 e. The van der Waals surface area contributed by atoms with Gasteiger partial charge in [0.2, 0.25) is 11.8 Å². The zero-order valence-corrected chi connectivity index (χ0v) is 15.7. The maximum absolute atomic E-state index is 13.0. The van der Waals surface area contributed by atoms with E-state index in [9.17, 15) is 14.0 Å². The van der Waals surface area contributed by atoms with Gasteiger partial charge in [-0.05, 0) is 48.5 Å². The zero-order valence-electron chi connectivity index (χ0n) is 15.0. The van der Waals surface area contributed by atoms with Crippen LogP contribution < -0.4 is 10.5 Å². The van der Waals surface area contributed by atoms with Crippen molar-refractivity contribution >= 4 is 17.5 Å². The summed E-state index contributed by atoms with van der Waals surface area (Å²) in [4.78, 5) is 25.6. The molecule has 0 bridgehead atoms. The first-order chi connectivity index (χ1) is 13.4. The number of likely N-dealkylation sites (N-methyl/N-ethyl adjacent to an activating group) is 1. The van der Waals surface area contributed by atoms with Gasteiger partial charge in [-0.3, -0.25) is 4.79 Å². The quantitative estimate of drug-likeness (QED) is 0.604. The molecule has 2 aromatic carbocycles. The summed E-state index contributed by atoms with van der Waals surface area (Å²) >= 11 is 5.81. The average molecular weight is 406 g/mol. The monoisotopic (exact) mass is 405 g/mol. The van der Waals surface area contributed by atoms with E-state index in [1.807, 2.05) is 0 Å². The lowest BCUT2D eigenvalue weighted by atomic mass is 10.2. The molecule has 1 aromatic heterocycles. The number of nitrogens with zero attached hydrogens (tertiary/aromatic N) is 3. The summed E-state index contributed by atoms with van der Waals surface area (Å²) in [6, 6.07) is 12.2. The Bertz CT molecular complexity index is 999. The van der Waals surface area contributed by atoms with Crippen molar-refractivity contribution in [2.75, 3.05) is 20.2 Å². The fraction of sp³-hybridized carbons (Fsp3) is 0.211. The van der Waals surface area contributed by atoms with Crippen LogP contribution in [0, 0.1) is 5.82 Å². The Labute approximate surface area is 164 Å². The summed E-state index contributed by atoms with van der Waals surface area (Å²) in [6.45, 7) is 0.318. The van der Waals surface area contributed by atoms with Crippen LogP contribution in [0.5, 0.6) is 5.75 Å². The molecule has 7 nitrogen and oxygen atoms in total. The normalized spacial score (nSPS) is 10.7. The first-order valence-electron chi connectivity index (χ1n) is 8.38. The molecule has 28 heavy (non-hydrogen) atoms. The first kappa shape index (κ1) is 19.6. The summed E-state index contributed by atoms with van der Waals surface area (Å²) in [6.07, 6.45) is 0. The second-order valence-electron chi connectivity index (χ2n) is 5.96. The molecule has 0 aliphatic carbocycles. The second kappa shape index (κ2) is 8.71. The van der Waals surface area contributed by atoms with Crippen LogP contribution in [0.3, 0.4) is 0 Å². The van der Waals surface area contributed by atoms with Crippen molar-refractivity contribution in [3.8, 4) is 17.2 Å². The number of hydrogen-bond acceptors (Lipinski definition) is 5. The van der Waals surface area contributed by atoms with Crippen molar-refractivity contribution in [2.45, 2.75) is 6.54 Å². The van der Waals surface area contributed by atoms with Crippen LogP contribution in [0.25, 0.3) is 11.5 Å². The molecule has 0 aliphatic rings. The number of hydrogen-bond donors (Lipinski definition) is 0. The summed E-state index contributed by atoms with van der Waals surface area (Å²) in [7, 11) is 1.60. The molecule has 9 heteroatoms. The van der Waals surface area contributed by atoms with Crippen LogP contribution >= 0.6 is 11.6 Å². The predicted octanol–water partition coefficient (Wildman–Crippen LogP) is 2.83. The van der Waals surface area contributed by atoms with Gasteiger partial charge in [-0.15, -0.1) is 5.10 Å². The highest BCUT2D eigenvalue weighted by molar-refractivity contribution is 6.30. The molecule has 0 fully saturated rings. The van der Waals surface area contributed by atoms with Crippen molar-refractivity contribution in [1.29, 1.82) is 0 Å². The minimum absolute atomic E-state index is 0.0199. The largest absolute Gasteiger partial charge is 0.492 e. The fourth-order valence-electron chi connectivity index (χ4n) is 2.32. The number of ether oxygens (including phenoxy) is 1. The van der Waals surface area contributed by atoms with Crippen LogP contribution in [0.1, 0.15) is 0 Å². The number of amides is 1. The standard InChI is InChI=1S/C19H17ClFN3O4/c1-23(10-11-27-16-8-4-14(20)5-9-16)17(25)12-24-19(26)28-18(22-24)13-2-6-15(21)7-3-13/h2-9H,10-12H2,1H3. The Balaban J connectivity index is 1.55. The first-order valence-corrected chi connectivity index (χ1v) is 8.76. The molecule has 0 saturated carbocycles. The van der Waals surface area contributed by atoms with Gasteiger partial charge in [-0.2, -0.15) is 4.68 Å². The molecular formula is C19H17ClFN3O4. The van der Waals surface area contributed by atoms with E-state index in [1.165, 1.54) is 29.2 Å². The van der Waals surface area contributed by atoms with E-state index in [4.69, 9.17) is 20.8 Å². The SMILES string of the molecule is CN(CCOc1ccc(Cl)cc1)C(=O)Cn1nc(-c2ccc(F)cc2)oc1=O. The highest BCUT2D eigenvalue weighted by Gasteiger charge is 2.16. The van der Waals surface area contributed by atoms with E-state index in [1.54, 1.807) is 31.3 Å². The van der Waals surface area contributed by atoms with Gasteiger partial charge in [-0.1, -0.05) is 11.6 Å². The Morgan fingerprint density at radius 3 is 2.57 bits per heavy atom. The Hall–Kier alpha value is -3.13. The third kappa shape index (κ3) is 4.98. The number of carbonyl (C=O) groups is 1. The topological polar surface area (TPSA) is 77.6 Å². The van der Waals surface area contributed by atoms with E-state index < -0.39 is 11.6 Å². The predicted molar refractivity (Wildman–Crippen MR) is 101 cm³/mol. The van der Waals surface area contributed by atoms with E-state index in [0.717, 1.165) is 4.68 Å². The molecule has 0 radical (unpaired) electrons. The van der Waals surface area contributed by atoms with Gasteiger partial charge >= 0.3 is 5.76 Å². The maximum Gasteiger partial charge on any atom is 0.437 e. The van der Waals surface area contributed by atoms with Gasteiger partial charge in [0.25, 0.3) is 0 Å². The van der Waals surface area contributed by atoms with Crippen LogP contribution in [0.4, 0.5) is 4.39 Å². The second-order valence-corrected chi connectivity index (χ2v) is 6.39. The van der Waals surface area contributed by atoms with Crippen molar-refractivity contribution in [1.82, 2.24) is 14.7 Å². The van der Waals surface area contributed by atoms with Crippen molar-refractivity contribution in [2.24, 2.45) is 0 Å². The zero-order chi connectivity index (χ0) is 20.1. The summed E-state index contributed by atoms with van der Waals surface area (Å²) in [5.41, 5.74) is 0.439. The highest BCUT2D eigenvalue weighted by atomic mass is 35.5. The molecule has 0 saturated heterocycles. The Morgan fingerprint density at radius 1 is 1.21 bits per heavy atom. The van der Waals surface area contributed by atoms with Gasteiger partial charge in [-0.25, -0.2) is 9.18 Å². The minimum atomic E-state index is -0.765. The number of benzene rings is 2. The van der Waals surface area contributed by atoms with E-state index in [2.05, 4.69) is 5.10 Å². The molecular weight excluding hydrogens is 389 g/mol. The summed E-state index contributed by atoms with van der Waals surface area (Å²) in [5, 5.41) is 4.60. The van der Waals surface area contributed by atoms with Gasteiger partial charge in [0, 0.05) is 17.6 Å². The molecule has 0 aliphatic heterocycles. The van der Waals surface area contributed by atoms with Gasteiger partial charge in [0.1, 0.15) is 24.7 Å². The van der Waals surface area contributed by atoms with Gasteiger partial charge in [0.15, 0.2) is 0 Å². The number of aromatic nitrogens is 2. The van der Waals surface area contributed by atoms with Crippen molar-refractivity contribution in [3.63, 3.8) is 0 Å². The molecule has 0 spiro atoms. The molecule has 1 heterocycles. The third-order valence-electron chi connectivity index (χ3n) is 3.92. The Kier molecular flexibility index (Phi) is 6.10. The van der Waals surface area contributed by atoms with Crippen LogP contribution in [-0.2, 0) is 11.3 Å². The molecule has 146 valence electrons. The minimum Gasteiger partial charge on any atom is -0.492 e. The third-order valence-corrected chi connectivity index (χ3v) is 4.17. The number of halogens is 2. The summed E-state index contributed by atoms with van der Waals surface area (Å²) < 4.78 is 24.5. The van der Waals surface area contributed by atoms with Gasteiger partial charge in [0.05, 0.1) is 6.54 Å². The highest BCUT2D eigenvalue weighted by Crippen LogP contribution is 2.16. The molecule has 0 unspecified atom stereocenters. The molecule has 0 atom stereocenters. The van der Waals surface area contributed by atoms with Crippen LogP contribution in [0.2, 0.25) is 5.02 Å². The van der Waals surface area contributed by atoms with Crippen LogP contribution in [0.15, 0.2) is 57.7 Å². The van der Waals surface area contributed by atoms with E-state index in [-0.39, 0.29) is 24.9 Å². The van der Waals surface area contributed by atoms with E-state index in [0.29, 0.717) is 22.9 Å². The summed E-state index contributed by atoms with van der Waals surface area (Å²) in [5.74, 6) is -0.851. The number of carbonyl (C=O) groups excluding carboxylic acids is 1.